The average molecular weight is 595 g/mol. The van der Waals surface area contributed by atoms with E-state index < -0.39 is 35.9 Å². The normalized spacial score (nSPS) is 21.0. The summed E-state index contributed by atoms with van der Waals surface area (Å²) >= 11 is 0. The SMILES string of the molecule is NC(N)=NCCC[C@H](N)C(=O)O.NCC(=O)O.O=C(O)[C@@H]1CCCN1.O=C(O)[C@@H]1CCCN1.O=C(O)[C@@H]1CCCN1. The molecule has 0 saturated carbocycles. The number of nitrogens with two attached hydrogens (primary N) is 4. The minimum absolute atomic E-state index is 0.0129. The van der Waals surface area contributed by atoms with E-state index >= 15 is 0 Å². The Morgan fingerprint density at radius 2 is 1.07 bits per heavy atom. The molecule has 0 spiro atoms. The molecule has 0 radical (unpaired) electrons. The topological polar surface area (TPSA) is 339 Å². The Hall–Kier alpha value is -3.58. The molecule has 0 bridgehead atoms. The third-order valence-corrected chi connectivity index (χ3v) is 5.53. The molecule has 41 heavy (non-hydrogen) atoms. The molecule has 0 aromatic rings. The molecule has 0 aromatic carbocycles. The first-order valence-electron chi connectivity index (χ1n) is 13.1. The molecule has 3 rings (SSSR count). The van der Waals surface area contributed by atoms with Crippen LogP contribution in [-0.4, -0.2) is 118 Å². The van der Waals surface area contributed by atoms with Gasteiger partial charge >= 0.3 is 29.8 Å². The molecule has 0 unspecified atom stereocenters. The van der Waals surface area contributed by atoms with Crippen molar-refractivity contribution in [2.45, 2.75) is 75.5 Å². The summed E-state index contributed by atoms with van der Waals surface area (Å²) in [5, 5.41) is 49.6. The first kappa shape index (κ1) is 39.6. The number of nitrogens with zero attached hydrogens (tertiary/aromatic N) is 1. The molecule has 0 aromatic heterocycles. The Labute approximate surface area is 237 Å². The van der Waals surface area contributed by atoms with Crippen LogP contribution < -0.4 is 38.9 Å². The van der Waals surface area contributed by atoms with Gasteiger partial charge in [0.25, 0.3) is 0 Å². The summed E-state index contributed by atoms with van der Waals surface area (Å²) in [4.78, 5) is 53.6. The lowest BCUT2D eigenvalue weighted by Gasteiger charge is -2.03. The summed E-state index contributed by atoms with van der Waals surface area (Å²) in [5.74, 6) is -4.11. The molecule has 3 fully saturated rings. The molecule has 0 amide bonds. The van der Waals surface area contributed by atoms with Crippen LogP contribution in [0.4, 0.5) is 0 Å². The van der Waals surface area contributed by atoms with E-state index in [9.17, 15) is 24.0 Å². The summed E-state index contributed by atoms with van der Waals surface area (Å²) in [7, 11) is 0. The van der Waals surface area contributed by atoms with E-state index in [1.54, 1.807) is 0 Å². The first-order chi connectivity index (χ1) is 19.2. The van der Waals surface area contributed by atoms with Crippen molar-refractivity contribution in [1.29, 1.82) is 0 Å². The number of guanidine groups is 1. The fourth-order valence-corrected chi connectivity index (χ4v) is 3.33. The van der Waals surface area contributed by atoms with Gasteiger partial charge in [-0.15, -0.1) is 0 Å². The second-order valence-corrected chi connectivity index (χ2v) is 8.95. The zero-order valence-electron chi connectivity index (χ0n) is 23.0. The number of carboxylic acids is 5. The number of carboxylic acid groups (broad SMARTS) is 5. The third kappa shape index (κ3) is 24.0. The van der Waals surface area contributed by atoms with Gasteiger partial charge in [0.1, 0.15) is 24.2 Å². The number of hydrogen-bond acceptors (Lipinski definition) is 11. The number of aliphatic imine (C=N–C) groups is 1. The molecule has 16 N–H and O–H groups in total. The van der Waals surface area contributed by atoms with E-state index in [0.29, 0.717) is 19.4 Å². The molecular formula is C23H46N8O10. The third-order valence-electron chi connectivity index (χ3n) is 5.53. The van der Waals surface area contributed by atoms with Crippen LogP contribution in [0.3, 0.4) is 0 Å². The Bertz CT molecular complexity index is 746. The lowest BCUT2D eigenvalue weighted by Crippen LogP contribution is -2.30. The zero-order chi connectivity index (χ0) is 31.8. The van der Waals surface area contributed by atoms with Crippen molar-refractivity contribution < 1.29 is 49.5 Å². The molecule has 18 heteroatoms. The van der Waals surface area contributed by atoms with Gasteiger partial charge in [0, 0.05) is 6.54 Å². The van der Waals surface area contributed by atoms with Crippen molar-refractivity contribution in [3.8, 4) is 0 Å². The van der Waals surface area contributed by atoms with Crippen LogP contribution in [0.1, 0.15) is 51.4 Å². The zero-order valence-corrected chi connectivity index (χ0v) is 23.0. The van der Waals surface area contributed by atoms with Gasteiger partial charge in [-0.1, -0.05) is 0 Å². The van der Waals surface area contributed by atoms with Crippen molar-refractivity contribution in [3.63, 3.8) is 0 Å². The van der Waals surface area contributed by atoms with Crippen molar-refractivity contribution in [2.75, 3.05) is 32.7 Å². The molecule has 3 aliphatic rings. The summed E-state index contributed by atoms with van der Waals surface area (Å²) in [5.41, 5.74) is 19.9. The first-order valence-corrected chi connectivity index (χ1v) is 13.1. The molecule has 4 atom stereocenters. The number of carbonyl (C=O) groups is 5. The Kier molecular flexibility index (Phi) is 23.4. The van der Waals surface area contributed by atoms with Gasteiger partial charge in [0.15, 0.2) is 5.96 Å². The van der Waals surface area contributed by atoms with Gasteiger partial charge in [0.05, 0.1) is 6.54 Å². The highest BCUT2D eigenvalue weighted by molar-refractivity contribution is 5.76. The lowest BCUT2D eigenvalue weighted by molar-refractivity contribution is -0.140. The van der Waals surface area contributed by atoms with Crippen LogP contribution in [0.5, 0.6) is 0 Å². The van der Waals surface area contributed by atoms with Gasteiger partial charge in [-0.2, -0.15) is 0 Å². The quantitative estimate of drug-likeness (QED) is 0.0716. The monoisotopic (exact) mass is 594 g/mol. The number of rotatable bonds is 9. The van der Waals surface area contributed by atoms with Crippen molar-refractivity contribution >= 4 is 35.8 Å². The maximum Gasteiger partial charge on any atom is 0.320 e. The minimum atomic E-state index is -1.00. The van der Waals surface area contributed by atoms with Gasteiger partial charge < -0.3 is 64.4 Å². The Morgan fingerprint density at radius 1 is 0.732 bits per heavy atom. The van der Waals surface area contributed by atoms with Crippen LogP contribution in [-0.2, 0) is 24.0 Å². The van der Waals surface area contributed by atoms with Gasteiger partial charge in [-0.3, -0.25) is 29.0 Å². The molecule has 3 aliphatic heterocycles. The number of nitrogens with one attached hydrogen (secondary N) is 3. The van der Waals surface area contributed by atoms with Crippen LogP contribution in [0, 0.1) is 0 Å². The van der Waals surface area contributed by atoms with E-state index in [0.717, 1.165) is 58.2 Å². The molecule has 0 aliphatic carbocycles. The van der Waals surface area contributed by atoms with Crippen LogP contribution >= 0.6 is 0 Å². The lowest BCUT2D eigenvalue weighted by atomic mass is 10.2. The summed E-state index contributed by atoms with van der Waals surface area (Å²) in [6, 6.07) is -1.63. The second kappa shape index (κ2) is 24.2. The summed E-state index contributed by atoms with van der Waals surface area (Å²) in [6.45, 7) is 2.72. The van der Waals surface area contributed by atoms with E-state index in [1.807, 2.05) is 0 Å². The fourth-order valence-electron chi connectivity index (χ4n) is 3.33. The Balaban J connectivity index is 0. The summed E-state index contributed by atoms with van der Waals surface area (Å²) < 4.78 is 0. The highest BCUT2D eigenvalue weighted by atomic mass is 16.4. The maximum atomic E-state index is 10.2. The van der Waals surface area contributed by atoms with E-state index in [4.69, 9.17) is 42.7 Å². The highest BCUT2D eigenvalue weighted by Crippen LogP contribution is 2.04. The van der Waals surface area contributed by atoms with Crippen LogP contribution in [0.15, 0.2) is 4.99 Å². The second-order valence-electron chi connectivity index (χ2n) is 8.95. The van der Waals surface area contributed by atoms with E-state index in [-0.39, 0.29) is 30.6 Å². The van der Waals surface area contributed by atoms with Crippen LogP contribution in [0.25, 0.3) is 0 Å². The van der Waals surface area contributed by atoms with Crippen molar-refractivity contribution in [2.24, 2.45) is 27.9 Å². The van der Waals surface area contributed by atoms with Gasteiger partial charge in [-0.05, 0) is 71.0 Å². The van der Waals surface area contributed by atoms with Gasteiger partial charge in [-0.25, -0.2) is 0 Å². The molecule has 3 saturated heterocycles. The maximum absolute atomic E-state index is 10.2. The Morgan fingerprint density at radius 3 is 1.24 bits per heavy atom. The van der Waals surface area contributed by atoms with Crippen LogP contribution in [0.2, 0.25) is 0 Å². The van der Waals surface area contributed by atoms with E-state index in [2.05, 4.69) is 26.7 Å². The van der Waals surface area contributed by atoms with E-state index in [1.165, 1.54) is 0 Å². The molecule has 3 heterocycles. The summed E-state index contributed by atoms with van der Waals surface area (Å²) in [6.07, 6.45) is 6.31. The average Bonchev–Trinajstić information content (AvgIpc) is 3.71. The highest BCUT2D eigenvalue weighted by Gasteiger charge is 2.21. The minimum Gasteiger partial charge on any atom is -0.480 e. The fraction of sp³-hybridized carbons (Fsp3) is 0.739. The standard InChI is InChI=1S/C6H14N4O2.3C5H9NO2.C2H5NO2/c7-4(5(11)12)2-1-3-10-6(8)9;3*7-5(8)4-2-1-3-6-4;3-1-2(4)5/h4H,1-3,7H2,(H,11,12)(H4,8,9,10);3*4,6H,1-3H2,(H,7,8);1,3H2,(H,4,5)/t4*4-;/m0000./s1. The molecular weight excluding hydrogens is 548 g/mol. The predicted octanol–water partition coefficient (Wildman–Crippen LogP) is -3.05. The molecule has 18 nitrogen and oxygen atoms in total. The largest absolute Gasteiger partial charge is 0.480 e. The van der Waals surface area contributed by atoms with Crippen molar-refractivity contribution in [1.82, 2.24) is 16.0 Å². The smallest absolute Gasteiger partial charge is 0.320 e. The predicted molar refractivity (Wildman–Crippen MR) is 148 cm³/mol. The molecule has 238 valence electrons. The van der Waals surface area contributed by atoms with Gasteiger partial charge in [0.2, 0.25) is 0 Å². The van der Waals surface area contributed by atoms with Crippen molar-refractivity contribution in [3.05, 3.63) is 0 Å². The number of aliphatic carboxylic acids is 5. The number of hydrogen-bond donors (Lipinski definition) is 12.